The minimum Gasteiger partial charge on any atom is -0.495 e. The lowest BCUT2D eigenvalue weighted by Gasteiger charge is -2.15. The van der Waals surface area contributed by atoms with Gasteiger partial charge in [-0.1, -0.05) is 34.8 Å². The lowest BCUT2D eigenvalue weighted by molar-refractivity contribution is -0.122. The number of carbonyl (C=O) groups is 1. The first-order chi connectivity index (χ1) is 15.3. The van der Waals surface area contributed by atoms with Gasteiger partial charge in [0, 0.05) is 10.7 Å². The van der Waals surface area contributed by atoms with E-state index in [2.05, 4.69) is 15.5 Å². The number of aromatic nitrogens is 3. The first-order valence-corrected chi connectivity index (χ1v) is 10.6. The molecule has 1 atom stereocenters. The maximum atomic E-state index is 12.6. The van der Waals surface area contributed by atoms with Crippen LogP contribution in [0.2, 0.25) is 15.1 Å². The standard InChI is InChI=1S/C22H17Cl3N4O3/c1-12(32-21-7-3-13(23)9-16(21)24)22(30)26-14-4-6-18-19(10-14)28-29(27-18)15-5-8-20(31-2)17(25)11-15/h3-12H,1-2H3,(H,26,30)/t12-/m1/s1. The Balaban J connectivity index is 1.50. The summed E-state index contributed by atoms with van der Waals surface area (Å²) in [6, 6.07) is 15.3. The molecule has 0 saturated heterocycles. The summed E-state index contributed by atoms with van der Waals surface area (Å²) in [7, 11) is 1.55. The Hall–Kier alpha value is -3.00. The Morgan fingerprint density at radius 2 is 1.66 bits per heavy atom. The van der Waals surface area contributed by atoms with Crippen molar-refractivity contribution >= 4 is 57.4 Å². The van der Waals surface area contributed by atoms with Gasteiger partial charge in [-0.3, -0.25) is 4.79 Å². The van der Waals surface area contributed by atoms with Crippen molar-refractivity contribution in [2.75, 3.05) is 12.4 Å². The van der Waals surface area contributed by atoms with Gasteiger partial charge < -0.3 is 14.8 Å². The Bertz CT molecular complexity index is 1310. The fourth-order valence-corrected chi connectivity index (χ4v) is 3.65. The molecule has 1 aromatic heterocycles. The molecule has 0 aliphatic rings. The van der Waals surface area contributed by atoms with Crippen LogP contribution in [0.3, 0.4) is 0 Å². The molecule has 0 saturated carbocycles. The fraction of sp³-hybridized carbons (Fsp3) is 0.136. The highest BCUT2D eigenvalue weighted by Gasteiger charge is 2.17. The minimum atomic E-state index is -0.790. The molecule has 0 aliphatic heterocycles. The number of hydrogen-bond acceptors (Lipinski definition) is 5. The number of nitrogens with zero attached hydrogens (tertiary/aromatic N) is 3. The summed E-state index contributed by atoms with van der Waals surface area (Å²) in [5.41, 5.74) is 2.50. The molecule has 1 heterocycles. The van der Waals surface area contributed by atoms with Crippen molar-refractivity contribution < 1.29 is 14.3 Å². The normalized spacial score (nSPS) is 11.9. The van der Waals surface area contributed by atoms with Crippen LogP contribution >= 0.6 is 34.8 Å². The molecule has 3 aromatic carbocycles. The summed E-state index contributed by atoms with van der Waals surface area (Å²) >= 11 is 18.2. The quantitative estimate of drug-likeness (QED) is 0.369. The number of rotatable bonds is 6. The monoisotopic (exact) mass is 490 g/mol. The van der Waals surface area contributed by atoms with Gasteiger partial charge in [-0.05, 0) is 61.5 Å². The molecule has 4 rings (SSSR count). The summed E-state index contributed by atoms with van der Waals surface area (Å²) in [6.45, 7) is 1.63. The molecule has 0 bridgehead atoms. The van der Waals surface area contributed by atoms with Crippen LogP contribution in [0, 0.1) is 0 Å². The van der Waals surface area contributed by atoms with Crippen molar-refractivity contribution in [2.45, 2.75) is 13.0 Å². The van der Waals surface area contributed by atoms with Crippen LogP contribution in [0.5, 0.6) is 11.5 Å². The highest BCUT2D eigenvalue weighted by atomic mass is 35.5. The zero-order valence-electron chi connectivity index (χ0n) is 17.0. The molecule has 0 fully saturated rings. The molecular weight excluding hydrogens is 475 g/mol. The second-order valence-electron chi connectivity index (χ2n) is 6.84. The molecule has 1 amide bonds. The Kier molecular flexibility index (Phi) is 6.41. The van der Waals surface area contributed by atoms with Crippen LogP contribution in [0.15, 0.2) is 54.6 Å². The average Bonchev–Trinajstić information content (AvgIpc) is 3.19. The lowest BCUT2D eigenvalue weighted by Crippen LogP contribution is -2.30. The molecule has 0 spiro atoms. The van der Waals surface area contributed by atoms with E-state index < -0.39 is 6.10 Å². The van der Waals surface area contributed by atoms with Gasteiger partial charge in [-0.25, -0.2) is 0 Å². The van der Waals surface area contributed by atoms with Crippen molar-refractivity contribution in [3.63, 3.8) is 0 Å². The van der Waals surface area contributed by atoms with Crippen LogP contribution in [-0.4, -0.2) is 34.1 Å². The van der Waals surface area contributed by atoms with Crippen LogP contribution < -0.4 is 14.8 Å². The van der Waals surface area contributed by atoms with Gasteiger partial charge in [-0.2, -0.15) is 4.80 Å². The number of benzene rings is 3. The van der Waals surface area contributed by atoms with Gasteiger partial charge in [0.05, 0.1) is 22.8 Å². The zero-order valence-corrected chi connectivity index (χ0v) is 19.2. The summed E-state index contributed by atoms with van der Waals surface area (Å²) in [5.74, 6) is 0.591. The third-order valence-corrected chi connectivity index (χ3v) is 5.41. The first-order valence-electron chi connectivity index (χ1n) is 9.47. The van der Waals surface area contributed by atoms with E-state index >= 15 is 0 Å². The van der Waals surface area contributed by atoms with Gasteiger partial charge in [-0.15, -0.1) is 10.2 Å². The second-order valence-corrected chi connectivity index (χ2v) is 8.09. The summed E-state index contributed by atoms with van der Waals surface area (Å²) in [4.78, 5) is 14.1. The Labute approximate surface area is 198 Å². The summed E-state index contributed by atoms with van der Waals surface area (Å²) in [6.07, 6.45) is -0.790. The van der Waals surface area contributed by atoms with E-state index in [0.29, 0.717) is 49.0 Å². The maximum absolute atomic E-state index is 12.6. The van der Waals surface area contributed by atoms with Gasteiger partial charge in [0.15, 0.2) is 6.10 Å². The molecule has 7 nitrogen and oxygen atoms in total. The largest absolute Gasteiger partial charge is 0.495 e. The second kappa shape index (κ2) is 9.24. The summed E-state index contributed by atoms with van der Waals surface area (Å²) < 4.78 is 10.8. The van der Waals surface area contributed by atoms with Crippen LogP contribution in [0.25, 0.3) is 16.7 Å². The molecule has 10 heteroatoms. The number of methoxy groups -OCH3 is 1. The van der Waals surface area contributed by atoms with Crippen molar-refractivity contribution in [3.05, 3.63) is 69.7 Å². The number of ether oxygens (including phenoxy) is 2. The van der Waals surface area contributed by atoms with E-state index in [1.54, 1.807) is 68.6 Å². The molecule has 4 aromatic rings. The molecule has 0 radical (unpaired) electrons. The van der Waals surface area contributed by atoms with Crippen molar-refractivity contribution in [1.29, 1.82) is 0 Å². The smallest absolute Gasteiger partial charge is 0.265 e. The average molecular weight is 492 g/mol. The summed E-state index contributed by atoms with van der Waals surface area (Å²) in [5, 5.41) is 13.0. The lowest BCUT2D eigenvalue weighted by atomic mass is 10.2. The number of amides is 1. The van der Waals surface area contributed by atoms with Gasteiger partial charge in [0.1, 0.15) is 22.5 Å². The molecular formula is C22H17Cl3N4O3. The van der Waals surface area contributed by atoms with Gasteiger partial charge in [0.25, 0.3) is 5.91 Å². The van der Waals surface area contributed by atoms with E-state index in [9.17, 15) is 4.79 Å². The van der Waals surface area contributed by atoms with Crippen LogP contribution in [0.4, 0.5) is 5.69 Å². The van der Waals surface area contributed by atoms with Gasteiger partial charge >= 0.3 is 0 Å². The molecule has 32 heavy (non-hydrogen) atoms. The predicted octanol–water partition coefficient (Wildman–Crippen LogP) is 5.80. The van der Waals surface area contributed by atoms with E-state index in [0.717, 1.165) is 0 Å². The number of nitrogens with one attached hydrogen (secondary N) is 1. The van der Waals surface area contributed by atoms with Crippen molar-refractivity contribution in [1.82, 2.24) is 15.0 Å². The number of carbonyl (C=O) groups excluding carboxylic acids is 1. The highest BCUT2D eigenvalue weighted by molar-refractivity contribution is 6.35. The molecule has 0 aliphatic carbocycles. The third kappa shape index (κ3) is 4.75. The Morgan fingerprint density at radius 3 is 2.38 bits per heavy atom. The van der Waals surface area contributed by atoms with E-state index in [1.807, 2.05) is 0 Å². The molecule has 1 N–H and O–H groups in total. The molecule has 0 unspecified atom stereocenters. The van der Waals surface area contributed by atoms with E-state index in [4.69, 9.17) is 44.3 Å². The minimum absolute atomic E-state index is 0.328. The third-order valence-electron chi connectivity index (χ3n) is 4.58. The highest BCUT2D eigenvalue weighted by Crippen LogP contribution is 2.29. The first kappa shape index (κ1) is 22.2. The SMILES string of the molecule is COc1ccc(-n2nc3ccc(NC(=O)[C@@H](C)Oc4ccc(Cl)cc4Cl)cc3n2)cc1Cl. The van der Waals surface area contributed by atoms with E-state index in [1.165, 1.54) is 4.80 Å². The number of halogens is 3. The predicted molar refractivity (Wildman–Crippen MR) is 126 cm³/mol. The number of fused-ring (bicyclic) bond motifs is 1. The topological polar surface area (TPSA) is 78.3 Å². The van der Waals surface area contributed by atoms with Crippen LogP contribution in [0.1, 0.15) is 6.92 Å². The van der Waals surface area contributed by atoms with Crippen molar-refractivity contribution in [3.8, 4) is 17.2 Å². The van der Waals surface area contributed by atoms with Crippen molar-refractivity contribution in [2.24, 2.45) is 0 Å². The number of hydrogen-bond donors (Lipinski definition) is 1. The number of anilines is 1. The maximum Gasteiger partial charge on any atom is 0.265 e. The van der Waals surface area contributed by atoms with E-state index in [-0.39, 0.29) is 5.91 Å². The molecule has 164 valence electrons. The van der Waals surface area contributed by atoms with Gasteiger partial charge in [0.2, 0.25) is 0 Å². The fourth-order valence-electron chi connectivity index (χ4n) is 2.95. The zero-order chi connectivity index (χ0) is 22.8. The Morgan fingerprint density at radius 1 is 0.938 bits per heavy atom. The van der Waals surface area contributed by atoms with Crippen LogP contribution in [-0.2, 0) is 4.79 Å².